The van der Waals surface area contributed by atoms with Crippen LogP contribution in [0.15, 0.2) is 60.8 Å². The van der Waals surface area contributed by atoms with E-state index in [0.29, 0.717) is 19.3 Å². The van der Waals surface area contributed by atoms with Crippen molar-refractivity contribution in [3.63, 3.8) is 0 Å². The fourth-order valence-electron chi connectivity index (χ4n) is 9.86. The van der Waals surface area contributed by atoms with Crippen molar-refractivity contribution in [1.82, 2.24) is 5.32 Å². The van der Waals surface area contributed by atoms with Gasteiger partial charge >= 0.3 is 0 Å². The maximum absolute atomic E-state index is 13.2. The van der Waals surface area contributed by atoms with E-state index >= 15 is 0 Å². The third-order valence-electron chi connectivity index (χ3n) is 15.0. The van der Waals surface area contributed by atoms with Crippen molar-refractivity contribution in [2.75, 3.05) is 13.2 Å². The molecule has 1 saturated heterocycles. The van der Waals surface area contributed by atoms with Gasteiger partial charge in [-0.15, -0.1) is 0 Å². The molecular formula is C65H119NO10. The zero-order valence-electron chi connectivity index (χ0n) is 48.7. The van der Waals surface area contributed by atoms with Crippen molar-refractivity contribution < 1.29 is 50.0 Å². The van der Waals surface area contributed by atoms with Crippen LogP contribution in [0.1, 0.15) is 277 Å². The SMILES string of the molecule is CCCCCCCCCCC/C=C\C/C=C\CCCCCCCCCCCCC(O)C(=O)NC(COC1OC(CO)C(O)C(O)C1O)C(O)C(O)CCC/C=C/CC/C=C/CC/C=C/CCCCCCCCCCCC. The third kappa shape index (κ3) is 40.9. The molecule has 76 heavy (non-hydrogen) atoms. The van der Waals surface area contributed by atoms with E-state index in [4.69, 9.17) is 9.47 Å². The molecule has 0 aliphatic carbocycles. The Morgan fingerprint density at radius 2 is 0.829 bits per heavy atom. The molecule has 11 heteroatoms. The quantitative estimate of drug-likeness (QED) is 0.0215. The van der Waals surface area contributed by atoms with E-state index in [-0.39, 0.29) is 12.8 Å². The number of amides is 1. The van der Waals surface area contributed by atoms with Crippen LogP contribution < -0.4 is 5.32 Å². The molecule has 1 fully saturated rings. The predicted molar refractivity (Wildman–Crippen MR) is 316 cm³/mol. The molecule has 0 aromatic rings. The summed E-state index contributed by atoms with van der Waals surface area (Å²) in [5.41, 5.74) is 0. The van der Waals surface area contributed by atoms with E-state index in [1.165, 1.54) is 173 Å². The molecule has 1 amide bonds. The van der Waals surface area contributed by atoms with Gasteiger partial charge in [0, 0.05) is 0 Å². The average Bonchev–Trinajstić information content (AvgIpc) is 3.42. The Labute approximate surface area is 465 Å². The summed E-state index contributed by atoms with van der Waals surface area (Å²) in [6, 6.07) is -1.20. The van der Waals surface area contributed by atoms with Gasteiger partial charge in [0.05, 0.1) is 25.4 Å². The van der Waals surface area contributed by atoms with Crippen LogP contribution in [-0.4, -0.2) is 110 Å². The fraction of sp³-hybridized carbons (Fsp3) is 0.831. The molecule has 8 N–H and O–H groups in total. The Balaban J connectivity index is 2.31. The summed E-state index contributed by atoms with van der Waals surface area (Å²) >= 11 is 0. The van der Waals surface area contributed by atoms with Gasteiger partial charge in [-0.1, -0.05) is 242 Å². The lowest BCUT2D eigenvalue weighted by atomic mass is 9.98. The summed E-state index contributed by atoms with van der Waals surface area (Å²) in [5, 5.41) is 76.3. The van der Waals surface area contributed by atoms with Crippen LogP contribution in [-0.2, 0) is 14.3 Å². The van der Waals surface area contributed by atoms with Crippen molar-refractivity contribution in [3.05, 3.63) is 60.8 Å². The number of rotatable bonds is 54. The van der Waals surface area contributed by atoms with Crippen LogP contribution in [0.4, 0.5) is 0 Å². The molecule has 0 radical (unpaired) electrons. The van der Waals surface area contributed by atoms with E-state index in [2.05, 4.69) is 79.9 Å². The van der Waals surface area contributed by atoms with Crippen molar-refractivity contribution >= 4 is 5.91 Å². The standard InChI is InChI=1S/C65H119NO10/c1-3-5-7-9-11-13-15-17-19-21-23-25-27-28-29-31-33-35-37-39-41-43-45-47-49-51-53-58(69)64(74)66-56(55-75-65-63(73)62(72)61(71)59(54-67)76-65)60(70)57(68)52-50-48-46-44-42-40-38-36-34-32-30-26-24-22-20-18-16-14-12-10-8-6-4-2/h23,25-26,28-30,36,38,44,46,56-63,65,67-73H,3-22,24,27,31-35,37,39-43,45,47-55H2,1-2H3,(H,66,74)/b25-23-,29-28-,30-26+,38-36+,46-44+. The third-order valence-corrected chi connectivity index (χ3v) is 15.0. The lowest BCUT2D eigenvalue weighted by Gasteiger charge is -2.40. The van der Waals surface area contributed by atoms with Crippen LogP contribution in [0.3, 0.4) is 0 Å². The Morgan fingerprint density at radius 1 is 0.461 bits per heavy atom. The fourth-order valence-corrected chi connectivity index (χ4v) is 9.86. The second-order valence-electron chi connectivity index (χ2n) is 22.1. The number of allylic oxidation sites excluding steroid dienone is 10. The number of unbranched alkanes of at least 4 members (excludes halogenated alkanes) is 32. The zero-order chi connectivity index (χ0) is 55.4. The van der Waals surface area contributed by atoms with E-state index in [1.54, 1.807) is 0 Å². The van der Waals surface area contributed by atoms with Gasteiger partial charge in [-0.25, -0.2) is 0 Å². The lowest BCUT2D eigenvalue weighted by Crippen LogP contribution is -2.60. The Morgan fingerprint density at radius 3 is 1.25 bits per heavy atom. The first-order chi connectivity index (χ1) is 37.2. The normalized spacial score (nSPS) is 20.0. The van der Waals surface area contributed by atoms with Gasteiger partial charge in [-0.3, -0.25) is 4.79 Å². The predicted octanol–water partition coefficient (Wildman–Crippen LogP) is 14.2. The topological polar surface area (TPSA) is 189 Å². The first-order valence-corrected chi connectivity index (χ1v) is 31.7. The molecule has 0 spiro atoms. The van der Waals surface area contributed by atoms with Crippen molar-refractivity contribution in [2.45, 2.75) is 332 Å². The minimum absolute atomic E-state index is 0.239. The van der Waals surface area contributed by atoms with Gasteiger partial charge < -0.3 is 50.5 Å². The Kier molecular flexibility index (Phi) is 50.5. The summed E-state index contributed by atoms with van der Waals surface area (Å²) in [4.78, 5) is 13.2. The number of aliphatic hydroxyl groups is 7. The van der Waals surface area contributed by atoms with Gasteiger partial charge in [-0.05, 0) is 96.3 Å². The Bertz CT molecular complexity index is 1420. The summed E-state index contributed by atoms with van der Waals surface area (Å²) in [6.45, 7) is 3.45. The number of aliphatic hydroxyl groups excluding tert-OH is 7. The van der Waals surface area contributed by atoms with E-state index in [1.807, 2.05) is 0 Å². The minimum atomic E-state index is -1.68. The summed E-state index contributed by atoms with van der Waals surface area (Å²) in [7, 11) is 0. The monoisotopic (exact) mass is 1070 g/mol. The summed E-state index contributed by atoms with van der Waals surface area (Å²) in [5.74, 6) is -0.714. The molecule has 0 aromatic heterocycles. The number of nitrogens with one attached hydrogen (secondary N) is 1. The molecule has 9 atom stereocenters. The number of hydrogen-bond donors (Lipinski definition) is 8. The first kappa shape index (κ1) is 71.8. The highest BCUT2D eigenvalue weighted by Gasteiger charge is 2.44. The van der Waals surface area contributed by atoms with Crippen molar-refractivity contribution in [2.24, 2.45) is 0 Å². The van der Waals surface area contributed by atoms with Gasteiger partial charge in [0.1, 0.15) is 36.6 Å². The van der Waals surface area contributed by atoms with Gasteiger partial charge in [0.15, 0.2) is 6.29 Å². The summed E-state index contributed by atoms with van der Waals surface area (Å²) < 4.78 is 11.1. The first-order valence-electron chi connectivity index (χ1n) is 31.7. The Hall–Kier alpha value is -2.19. The number of carbonyl (C=O) groups excluding carboxylic acids is 1. The molecule has 1 aliphatic heterocycles. The molecule has 1 rings (SSSR count). The molecule has 0 saturated carbocycles. The highest BCUT2D eigenvalue weighted by molar-refractivity contribution is 5.80. The van der Waals surface area contributed by atoms with Gasteiger partial charge in [0.25, 0.3) is 0 Å². The highest BCUT2D eigenvalue weighted by Crippen LogP contribution is 2.23. The zero-order valence-corrected chi connectivity index (χ0v) is 48.7. The summed E-state index contributed by atoms with van der Waals surface area (Å²) in [6.07, 6.45) is 58.5. The van der Waals surface area contributed by atoms with Gasteiger partial charge in [-0.2, -0.15) is 0 Å². The second-order valence-corrected chi connectivity index (χ2v) is 22.1. The molecule has 0 aromatic carbocycles. The minimum Gasteiger partial charge on any atom is -0.394 e. The van der Waals surface area contributed by atoms with E-state index in [0.717, 1.165) is 57.8 Å². The smallest absolute Gasteiger partial charge is 0.249 e. The molecular weight excluding hydrogens is 955 g/mol. The molecule has 444 valence electrons. The largest absolute Gasteiger partial charge is 0.394 e. The van der Waals surface area contributed by atoms with Crippen molar-refractivity contribution in [3.8, 4) is 0 Å². The highest BCUT2D eigenvalue weighted by atomic mass is 16.7. The van der Waals surface area contributed by atoms with E-state index in [9.17, 15) is 40.5 Å². The molecule has 1 heterocycles. The van der Waals surface area contributed by atoms with Crippen LogP contribution in [0, 0.1) is 0 Å². The number of hydrogen-bond acceptors (Lipinski definition) is 10. The van der Waals surface area contributed by atoms with Crippen LogP contribution in [0.5, 0.6) is 0 Å². The number of ether oxygens (including phenoxy) is 2. The van der Waals surface area contributed by atoms with Crippen molar-refractivity contribution in [1.29, 1.82) is 0 Å². The average molecular weight is 1070 g/mol. The molecule has 11 nitrogen and oxygen atoms in total. The maximum Gasteiger partial charge on any atom is 0.249 e. The molecule has 9 unspecified atom stereocenters. The molecule has 0 bridgehead atoms. The number of carbonyl (C=O) groups is 1. The van der Waals surface area contributed by atoms with Crippen LogP contribution in [0.25, 0.3) is 0 Å². The molecule has 1 aliphatic rings. The lowest BCUT2D eigenvalue weighted by molar-refractivity contribution is -0.303. The van der Waals surface area contributed by atoms with Crippen LogP contribution >= 0.6 is 0 Å². The maximum atomic E-state index is 13.2. The van der Waals surface area contributed by atoms with Gasteiger partial charge in [0.2, 0.25) is 5.91 Å². The van der Waals surface area contributed by atoms with Crippen LogP contribution in [0.2, 0.25) is 0 Å². The van der Waals surface area contributed by atoms with E-state index < -0.39 is 74.2 Å². The second kappa shape index (κ2) is 53.5.